The summed E-state index contributed by atoms with van der Waals surface area (Å²) in [5, 5.41) is 0. The molecule has 0 aliphatic carbocycles. The van der Waals surface area contributed by atoms with Crippen molar-refractivity contribution < 1.29 is 27.1 Å². The number of hydrogen-bond acceptors (Lipinski definition) is 5. The summed E-state index contributed by atoms with van der Waals surface area (Å²) in [4.78, 5) is 14.5. The van der Waals surface area contributed by atoms with Crippen molar-refractivity contribution in [1.29, 1.82) is 0 Å². The number of benzene rings is 2. The van der Waals surface area contributed by atoms with Gasteiger partial charge in [-0.3, -0.25) is 13.9 Å². The second kappa shape index (κ2) is 11.8. The fourth-order valence-corrected chi connectivity index (χ4v) is 3.35. The summed E-state index contributed by atoms with van der Waals surface area (Å²) in [6, 6.07) is 20.4. The van der Waals surface area contributed by atoms with E-state index in [9.17, 15) is 4.79 Å². The van der Waals surface area contributed by atoms with Crippen LogP contribution in [0.4, 0.5) is 0 Å². The third-order valence-corrected chi connectivity index (χ3v) is 4.59. The molecule has 0 amide bonds. The van der Waals surface area contributed by atoms with Gasteiger partial charge in [0.2, 0.25) is 0 Å². The molecule has 8 heteroatoms. The minimum absolute atomic E-state index is 0.139. The van der Waals surface area contributed by atoms with Crippen LogP contribution >= 0.6 is 0 Å². The first-order valence-electron chi connectivity index (χ1n) is 9.63. The number of nitrogens with zero attached hydrogens (tertiary/aromatic N) is 1. The smallest absolute Gasteiger partial charge is 0.394 e. The van der Waals surface area contributed by atoms with Crippen LogP contribution in [0.2, 0.25) is 0 Å². The minimum Gasteiger partial charge on any atom is -0.453 e. The van der Waals surface area contributed by atoms with Crippen LogP contribution in [0.3, 0.4) is 0 Å². The molecule has 0 spiro atoms. The minimum atomic E-state index is -4.67. The molecule has 0 heterocycles. The largest absolute Gasteiger partial charge is 0.453 e. The molecule has 0 bridgehead atoms. The topological polar surface area (TPSA) is 104 Å². The van der Waals surface area contributed by atoms with Gasteiger partial charge >= 0.3 is 16.4 Å². The Bertz CT molecular complexity index is 863. The van der Waals surface area contributed by atoms with E-state index in [4.69, 9.17) is 22.3 Å². The van der Waals surface area contributed by atoms with Gasteiger partial charge in [0, 0.05) is 25.3 Å². The van der Waals surface area contributed by atoms with Gasteiger partial charge in [-0.15, -0.1) is 0 Å². The van der Waals surface area contributed by atoms with Gasteiger partial charge in [0.05, 0.1) is 0 Å². The highest BCUT2D eigenvalue weighted by atomic mass is 32.3. The Hall–Kier alpha value is -2.26. The normalized spacial score (nSPS) is 14.2. The predicted octanol–water partition coefficient (Wildman–Crippen LogP) is 3.62. The molecular weight excluding hydrogens is 406 g/mol. The fourth-order valence-electron chi connectivity index (χ4n) is 3.35. The van der Waals surface area contributed by atoms with Crippen LogP contribution in [0.25, 0.3) is 0 Å². The quantitative estimate of drug-likeness (QED) is 0.480. The number of rotatable bonds is 8. The Morgan fingerprint density at radius 3 is 1.93 bits per heavy atom. The van der Waals surface area contributed by atoms with Crippen molar-refractivity contribution in [2.24, 2.45) is 5.92 Å². The van der Waals surface area contributed by atoms with Crippen molar-refractivity contribution >= 4 is 16.4 Å². The molecule has 0 aromatic heterocycles. The van der Waals surface area contributed by atoms with Crippen LogP contribution in [-0.2, 0) is 32.0 Å². The second-order valence-electron chi connectivity index (χ2n) is 7.36. The van der Waals surface area contributed by atoms with Crippen molar-refractivity contribution in [3.05, 3.63) is 71.8 Å². The Labute approximate surface area is 179 Å². The standard InChI is InChI=1S/C22H29NO2.H2O4S/c1-5-21(24)25-22(18(2)17-23(3)4,20-14-10-7-11-15-20)16-19-12-8-6-9-13-19;1-5(2,3)4/h6-15,18H,5,16-17H2,1-4H3;(H2,1,2,3,4)/t18-,22+;/m1./s1. The molecule has 0 saturated carbocycles. The first kappa shape index (κ1) is 25.8. The average molecular weight is 438 g/mol. The number of carbonyl (C=O) groups excluding carboxylic acids is 1. The van der Waals surface area contributed by atoms with Crippen LogP contribution in [-0.4, -0.2) is 49.0 Å². The summed E-state index contributed by atoms with van der Waals surface area (Å²) in [7, 11) is -0.563. The van der Waals surface area contributed by atoms with E-state index >= 15 is 0 Å². The lowest BCUT2D eigenvalue weighted by molar-refractivity contribution is -0.168. The molecule has 2 aromatic rings. The molecule has 2 N–H and O–H groups in total. The molecule has 2 rings (SSSR count). The third-order valence-electron chi connectivity index (χ3n) is 4.59. The molecule has 0 saturated heterocycles. The molecule has 0 unspecified atom stereocenters. The van der Waals surface area contributed by atoms with Crippen molar-refractivity contribution in [2.45, 2.75) is 32.3 Å². The van der Waals surface area contributed by atoms with Crippen molar-refractivity contribution in [3.8, 4) is 0 Å². The van der Waals surface area contributed by atoms with Crippen molar-refractivity contribution in [2.75, 3.05) is 20.6 Å². The second-order valence-corrected chi connectivity index (χ2v) is 8.25. The van der Waals surface area contributed by atoms with Gasteiger partial charge in [-0.05, 0) is 25.2 Å². The molecule has 2 aromatic carbocycles. The third kappa shape index (κ3) is 9.04. The van der Waals surface area contributed by atoms with Gasteiger partial charge in [-0.25, -0.2) is 0 Å². The number of carbonyl (C=O) groups is 1. The van der Waals surface area contributed by atoms with E-state index in [1.165, 1.54) is 5.56 Å². The van der Waals surface area contributed by atoms with Crippen LogP contribution < -0.4 is 0 Å². The van der Waals surface area contributed by atoms with Gasteiger partial charge in [0.1, 0.15) is 5.60 Å². The van der Waals surface area contributed by atoms with Crippen LogP contribution in [0.15, 0.2) is 60.7 Å². The highest BCUT2D eigenvalue weighted by molar-refractivity contribution is 7.79. The molecular formula is C22H31NO6S. The lowest BCUT2D eigenvalue weighted by Crippen LogP contribution is -2.44. The van der Waals surface area contributed by atoms with E-state index in [1.807, 2.05) is 43.3 Å². The first-order chi connectivity index (χ1) is 14.0. The Balaban J connectivity index is 0.000000804. The summed E-state index contributed by atoms with van der Waals surface area (Å²) in [5.41, 5.74) is 1.54. The summed E-state index contributed by atoms with van der Waals surface area (Å²) in [6.07, 6.45) is 1.04. The van der Waals surface area contributed by atoms with Crippen molar-refractivity contribution in [3.63, 3.8) is 0 Å². The van der Waals surface area contributed by atoms with Gasteiger partial charge in [-0.1, -0.05) is 74.5 Å². The van der Waals surface area contributed by atoms with Gasteiger partial charge in [-0.2, -0.15) is 8.42 Å². The van der Waals surface area contributed by atoms with Crippen LogP contribution in [0, 0.1) is 5.92 Å². The molecule has 30 heavy (non-hydrogen) atoms. The number of esters is 1. The lowest BCUT2D eigenvalue weighted by atomic mass is 9.77. The zero-order valence-electron chi connectivity index (χ0n) is 17.9. The van der Waals surface area contributed by atoms with Gasteiger partial charge < -0.3 is 9.64 Å². The highest BCUT2D eigenvalue weighted by Crippen LogP contribution is 2.38. The lowest BCUT2D eigenvalue weighted by Gasteiger charge is -2.40. The molecule has 7 nitrogen and oxygen atoms in total. The van der Waals surface area contributed by atoms with E-state index in [-0.39, 0.29) is 11.9 Å². The monoisotopic (exact) mass is 437 g/mol. The first-order valence-corrected chi connectivity index (χ1v) is 11.0. The van der Waals surface area contributed by atoms with E-state index in [1.54, 1.807) is 0 Å². The number of ether oxygens (including phenoxy) is 1. The zero-order valence-corrected chi connectivity index (χ0v) is 18.7. The Morgan fingerprint density at radius 1 is 1.03 bits per heavy atom. The maximum Gasteiger partial charge on any atom is 0.394 e. The maximum absolute atomic E-state index is 12.3. The molecule has 0 aliphatic heterocycles. The van der Waals surface area contributed by atoms with E-state index in [0.29, 0.717) is 12.8 Å². The molecule has 166 valence electrons. The fraction of sp³-hybridized carbons (Fsp3) is 0.409. The predicted molar refractivity (Wildman–Crippen MR) is 117 cm³/mol. The van der Waals surface area contributed by atoms with Gasteiger partial charge in [0.25, 0.3) is 0 Å². The van der Waals surface area contributed by atoms with E-state index in [2.05, 4.69) is 50.2 Å². The van der Waals surface area contributed by atoms with Crippen LogP contribution in [0.5, 0.6) is 0 Å². The average Bonchev–Trinajstić information content (AvgIpc) is 2.67. The SMILES string of the molecule is CCC(=O)O[C@](Cc1ccccc1)(c1ccccc1)[C@H](C)CN(C)C.O=S(=O)(O)O. The summed E-state index contributed by atoms with van der Waals surface area (Å²) in [6.45, 7) is 4.84. The van der Waals surface area contributed by atoms with Gasteiger partial charge in [0.15, 0.2) is 0 Å². The van der Waals surface area contributed by atoms with E-state index in [0.717, 1.165) is 12.1 Å². The van der Waals surface area contributed by atoms with Crippen molar-refractivity contribution in [1.82, 2.24) is 4.90 Å². The zero-order chi connectivity index (χ0) is 22.8. The summed E-state index contributed by atoms with van der Waals surface area (Å²) >= 11 is 0. The number of hydrogen-bond donors (Lipinski definition) is 2. The molecule has 0 radical (unpaired) electrons. The summed E-state index contributed by atoms with van der Waals surface area (Å²) < 4.78 is 37.8. The Kier molecular flexibility index (Phi) is 10.1. The van der Waals surface area contributed by atoms with Crippen LogP contribution in [0.1, 0.15) is 31.4 Å². The van der Waals surface area contributed by atoms with E-state index < -0.39 is 16.0 Å². The molecule has 0 aliphatic rings. The Morgan fingerprint density at radius 2 is 1.50 bits per heavy atom. The summed E-state index contributed by atoms with van der Waals surface area (Å²) in [5.74, 6) is -0.0222. The molecule has 2 atom stereocenters. The maximum atomic E-state index is 12.3. The highest BCUT2D eigenvalue weighted by Gasteiger charge is 2.42. The molecule has 0 fully saturated rings.